The Labute approximate surface area is 146 Å². The van der Waals surface area contributed by atoms with Crippen LogP contribution in [0, 0.1) is 11.8 Å². The van der Waals surface area contributed by atoms with E-state index in [2.05, 4.69) is 41.5 Å². The highest BCUT2D eigenvalue weighted by Crippen LogP contribution is 2.21. The molecule has 1 aromatic rings. The second-order valence-electron chi connectivity index (χ2n) is 7.72. The third kappa shape index (κ3) is 4.81. The lowest BCUT2D eigenvalue weighted by Gasteiger charge is -2.30. The summed E-state index contributed by atoms with van der Waals surface area (Å²) in [5, 5.41) is 6.48. The molecule has 2 N–H and O–H groups in total. The summed E-state index contributed by atoms with van der Waals surface area (Å²) in [6.07, 6.45) is 4.48. The molecular weight excluding hydrogens is 298 g/mol. The number of hydrogen-bond donors (Lipinski definition) is 2. The number of likely N-dealkylation sites (tertiary alicyclic amines) is 1. The minimum Gasteiger partial charge on any atom is -0.326 e. The maximum absolute atomic E-state index is 12.4. The molecule has 3 rings (SSSR count). The summed E-state index contributed by atoms with van der Waals surface area (Å²) in [6.45, 7) is 8.86. The first kappa shape index (κ1) is 17.4. The molecule has 2 aliphatic rings. The van der Waals surface area contributed by atoms with Crippen molar-refractivity contribution in [2.45, 2.75) is 52.1 Å². The van der Waals surface area contributed by atoms with Gasteiger partial charge < -0.3 is 10.6 Å². The molecule has 0 unspecified atom stereocenters. The molecule has 2 fully saturated rings. The Kier molecular flexibility index (Phi) is 5.90. The van der Waals surface area contributed by atoms with Gasteiger partial charge in [0.25, 0.3) is 0 Å². The van der Waals surface area contributed by atoms with Crippen molar-refractivity contribution in [1.29, 1.82) is 0 Å². The summed E-state index contributed by atoms with van der Waals surface area (Å²) < 4.78 is 0. The molecule has 0 spiro atoms. The minimum absolute atomic E-state index is 0.135. The molecule has 1 aromatic carbocycles. The van der Waals surface area contributed by atoms with Crippen LogP contribution in [0.2, 0.25) is 0 Å². The van der Waals surface area contributed by atoms with E-state index in [4.69, 9.17) is 0 Å². The highest BCUT2D eigenvalue weighted by molar-refractivity contribution is 5.92. The fraction of sp³-hybridized carbons (Fsp3) is 0.650. The highest BCUT2D eigenvalue weighted by Gasteiger charge is 2.24. The molecule has 0 bridgehead atoms. The number of carbonyl (C=O) groups excluding carboxylic acids is 1. The van der Waals surface area contributed by atoms with E-state index in [9.17, 15) is 4.79 Å². The molecule has 4 nitrogen and oxygen atoms in total. The summed E-state index contributed by atoms with van der Waals surface area (Å²) >= 11 is 0. The molecule has 2 atom stereocenters. The monoisotopic (exact) mass is 329 g/mol. The number of rotatable bonds is 4. The molecule has 1 amide bonds. The first-order valence-corrected chi connectivity index (χ1v) is 9.45. The van der Waals surface area contributed by atoms with Crippen LogP contribution >= 0.6 is 0 Å². The Morgan fingerprint density at radius 2 is 1.88 bits per heavy atom. The minimum atomic E-state index is 0.135. The zero-order chi connectivity index (χ0) is 16.9. The van der Waals surface area contributed by atoms with Gasteiger partial charge in [-0.15, -0.1) is 0 Å². The van der Waals surface area contributed by atoms with Gasteiger partial charge in [-0.1, -0.05) is 19.1 Å². The van der Waals surface area contributed by atoms with E-state index in [1.807, 2.05) is 12.1 Å². The normalized spacial score (nSPS) is 26.2. The Hall–Kier alpha value is -1.39. The lowest BCUT2D eigenvalue weighted by molar-refractivity contribution is -0.120. The van der Waals surface area contributed by atoms with E-state index in [0.29, 0.717) is 6.04 Å². The molecule has 4 heteroatoms. The molecule has 0 aliphatic carbocycles. The summed E-state index contributed by atoms with van der Waals surface area (Å²) in [5.74, 6) is 1.17. The van der Waals surface area contributed by atoms with Gasteiger partial charge in [0.05, 0.1) is 0 Å². The van der Waals surface area contributed by atoms with Gasteiger partial charge in [-0.2, -0.15) is 0 Å². The number of amides is 1. The molecular formula is C20H31N3O. The topological polar surface area (TPSA) is 44.4 Å². The Balaban J connectivity index is 1.50. The van der Waals surface area contributed by atoms with E-state index < -0.39 is 0 Å². The first-order valence-electron chi connectivity index (χ1n) is 9.45. The van der Waals surface area contributed by atoms with Crippen molar-refractivity contribution in [3.8, 4) is 0 Å². The molecule has 24 heavy (non-hydrogen) atoms. The summed E-state index contributed by atoms with van der Waals surface area (Å²) in [6, 6.07) is 8.83. The van der Waals surface area contributed by atoms with E-state index in [-0.39, 0.29) is 11.8 Å². The zero-order valence-corrected chi connectivity index (χ0v) is 15.1. The zero-order valence-electron chi connectivity index (χ0n) is 15.1. The highest BCUT2D eigenvalue weighted by atomic mass is 16.1. The number of benzene rings is 1. The van der Waals surface area contributed by atoms with Gasteiger partial charge in [0.2, 0.25) is 5.91 Å². The smallest absolute Gasteiger partial charge is 0.227 e. The number of piperidine rings is 2. The first-order chi connectivity index (χ1) is 11.6. The second kappa shape index (κ2) is 8.13. The Bertz CT molecular complexity index is 534. The van der Waals surface area contributed by atoms with E-state index >= 15 is 0 Å². The number of nitrogens with one attached hydrogen (secondary N) is 2. The number of nitrogens with zero attached hydrogens (tertiary/aromatic N) is 1. The van der Waals surface area contributed by atoms with E-state index in [1.165, 1.54) is 31.5 Å². The fourth-order valence-electron chi connectivity index (χ4n) is 3.79. The molecule has 0 radical (unpaired) electrons. The Morgan fingerprint density at radius 1 is 1.17 bits per heavy atom. The third-order valence-electron chi connectivity index (χ3n) is 5.50. The largest absolute Gasteiger partial charge is 0.326 e. The average molecular weight is 329 g/mol. The van der Waals surface area contributed by atoms with Crippen LogP contribution < -0.4 is 10.6 Å². The number of anilines is 1. The molecule has 2 heterocycles. The van der Waals surface area contributed by atoms with Gasteiger partial charge in [0.1, 0.15) is 0 Å². The second-order valence-corrected chi connectivity index (χ2v) is 7.72. The Morgan fingerprint density at radius 3 is 2.54 bits per heavy atom. The van der Waals surface area contributed by atoms with Gasteiger partial charge in [-0.25, -0.2) is 0 Å². The average Bonchev–Trinajstić information content (AvgIpc) is 2.59. The maximum Gasteiger partial charge on any atom is 0.227 e. The number of hydrogen-bond acceptors (Lipinski definition) is 3. The number of carbonyl (C=O) groups is 1. The van der Waals surface area contributed by atoms with Crippen LogP contribution in [0.15, 0.2) is 24.3 Å². The van der Waals surface area contributed by atoms with Crippen molar-refractivity contribution < 1.29 is 4.79 Å². The maximum atomic E-state index is 12.4. The molecule has 2 aliphatic heterocycles. The predicted octanol–water partition coefficient (Wildman–Crippen LogP) is 3.25. The van der Waals surface area contributed by atoms with Crippen molar-refractivity contribution >= 4 is 11.6 Å². The van der Waals surface area contributed by atoms with Crippen molar-refractivity contribution in [2.24, 2.45) is 11.8 Å². The molecule has 2 saturated heterocycles. The van der Waals surface area contributed by atoms with Crippen molar-refractivity contribution in [2.75, 3.05) is 25.0 Å². The van der Waals surface area contributed by atoms with Gasteiger partial charge >= 0.3 is 0 Å². The molecule has 132 valence electrons. The molecule has 0 aromatic heterocycles. The summed E-state index contributed by atoms with van der Waals surface area (Å²) in [5.41, 5.74) is 2.25. The lowest BCUT2D eigenvalue weighted by Crippen LogP contribution is -2.40. The lowest BCUT2D eigenvalue weighted by atomic mass is 9.92. The van der Waals surface area contributed by atoms with Gasteiger partial charge in [0, 0.05) is 24.2 Å². The summed E-state index contributed by atoms with van der Waals surface area (Å²) in [4.78, 5) is 14.9. The predicted molar refractivity (Wildman–Crippen MR) is 98.9 cm³/mol. The van der Waals surface area contributed by atoms with Crippen LogP contribution in [-0.2, 0) is 11.3 Å². The van der Waals surface area contributed by atoms with Crippen LogP contribution in [0.1, 0.15) is 45.1 Å². The third-order valence-corrected chi connectivity index (χ3v) is 5.50. The van der Waals surface area contributed by atoms with Gasteiger partial charge in [-0.3, -0.25) is 9.69 Å². The van der Waals surface area contributed by atoms with Crippen LogP contribution in [-0.4, -0.2) is 36.5 Å². The van der Waals surface area contributed by atoms with Crippen LogP contribution in [0.4, 0.5) is 5.69 Å². The van der Waals surface area contributed by atoms with Gasteiger partial charge in [-0.05, 0) is 75.9 Å². The molecule has 0 saturated carbocycles. The summed E-state index contributed by atoms with van der Waals surface area (Å²) in [7, 11) is 0. The standard InChI is InChI=1S/C20H31N3O/c1-15-8-11-23(12-9-15)14-17-3-5-19(6-4-17)22-20(24)18-7-10-21-16(2)13-18/h3-6,15-16,18,21H,7-14H2,1-2H3,(H,22,24)/t16-,18-/m0/s1. The van der Waals surface area contributed by atoms with E-state index in [0.717, 1.165) is 37.5 Å². The quantitative estimate of drug-likeness (QED) is 0.891. The fourth-order valence-corrected chi connectivity index (χ4v) is 3.79. The van der Waals surface area contributed by atoms with Crippen LogP contribution in [0.3, 0.4) is 0 Å². The van der Waals surface area contributed by atoms with Crippen molar-refractivity contribution in [3.05, 3.63) is 29.8 Å². The van der Waals surface area contributed by atoms with Crippen molar-refractivity contribution in [1.82, 2.24) is 10.2 Å². The van der Waals surface area contributed by atoms with E-state index in [1.54, 1.807) is 0 Å². The van der Waals surface area contributed by atoms with Crippen LogP contribution in [0.25, 0.3) is 0 Å². The van der Waals surface area contributed by atoms with Crippen LogP contribution in [0.5, 0.6) is 0 Å². The van der Waals surface area contributed by atoms with Gasteiger partial charge in [0.15, 0.2) is 0 Å². The SMILES string of the molecule is CC1CCN(Cc2ccc(NC(=O)[C@H]3CCN[C@@H](C)C3)cc2)CC1. The van der Waals surface area contributed by atoms with Crippen molar-refractivity contribution in [3.63, 3.8) is 0 Å².